The standard InChI is InChI=1S/C32H41ClN4O7.C2HF3O2/c1-3-32(2,36-27(38)24(34)12-7-8-19-44-30(42)22-10-5-4-6-11-22)31(43)35-25(20-21-14-16-23(33)17-15-21)28(39)37-18-9-13-26(37)29(40)41;3-2(4,5)1(6)7/h4-6,10-11,14-17,24-26H,3,7-9,12-13,18-20,34H2,1-2H3,(H,35,43)(H,36,38)(H,40,41);(H,6,7)/t24-,25-,26+,32-;/m0./s1. The number of ether oxygens (including phenoxy) is 1. The monoisotopic (exact) mass is 742 g/mol. The van der Waals surface area contributed by atoms with Gasteiger partial charge in [0.15, 0.2) is 0 Å². The molecule has 1 aliphatic rings. The Morgan fingerprint density at radius 3 is 2.18 bits per heavy atom. The Bertz CT molecular complexity index is 1510. The number of aliphatic carboxylic acids is 2. The van der Waals surface area contributed by atoms with Gasteiger partial charge in [0.1, 0.15) is 17.6 Å². The molecule has 1 aliphatic heterocycles. The molecule has 0 radical (unpaired) electrons. The summed E-state index contributed by atoms with van der Waals surface area (Å²) in [5.41, 5.74) is 5.91. The van der Waals surface area contributed by atoms with Crippen LogP contribution in [-0.2, 0) is 35.1 Å². The lowest BCUT2D eigenvalue weighted by Gasteiger charge is -2.33. The number of carboxylic acids is 2. The van der Waals surface area contributed by atoms with Crippen LogP contribution in [0.15, 0.2) is 54.6 Å². The summed E-state index contributed by atoms with van der Waals surface area (Å²) in [4.78, 5) is 74.2. The van der Waals surface area contributed by atoms with E-state index in [-0.39, 0.29) is 26.0 Å². The largest absolute Gasteiger partial charge is 0.490 e. The van der Waals surface area contributed by atoms with Crippen LogP contribution in [0.25, 0.3) is 0 Å². The Kier molecular flexibility index (Phi) is 16.3. The maximum absolute atomic E-state index is 13.6. The van der Waals surface area contributed by atoms with Gasteiger partial charge in [-0.2, -0.15) is 13.2 Å². The predicted octanol–water partition coefficient (Wildman–Crippen LogP) is 3.72. The van der Waals surface area contributed by atoms with E-state index in [1.54, 1.807) is 68.4 Å². The quantitative estimate of drug-likeness (QED) is 0.132. The smallest absolute Gasteiger partial charge is 0.480 e. The van der Waals surface area contributed by atoms with Crippen molar-refractivity contribution in [3.05, 3.63) is 70.7 Å². The van der Waals surface area contributed by atoms with E-state index in [0.29, 0.717) is 42.7 Å². The molecule has 280 valence electrons. The summed E-state index contributed by atoms with van der Waals surface area (Å²) in [6, 6.07) is 12.5. The fourth-order valence-electron chi connectivity index (χ4n) is 4.95. The van der Waals surface area contributed by atoms with Gasteiger partial charge in [0.05, 0.1) is 18.2 Å². The molecule has 2 aromatic carbocycles. The first-order valence-electron chi connectivity index (χ1n) is 16.1. The summed E-state index contributed by atoms with van der Waals surface area (Å²) < 4.78 is 37.0. The van der Waals surface area contributed by atoms with Gasteiger partial charge in [-0.3, -0.25) is 14.4 Å². The van der Waals surface area contributed by atoms with Crippen LogP contribution < -0.4 is 16.4 Å². The first-order chi connectivity index (χ1) is 23.9. The third kappa shape index (κ3) is 13.5. The normalized spacial score (nSPS) is 16.4. The van der Waals surface area contributed by atoms with Gasteiger partial charge >= 0.3 is 24.1 Å². The van der Waals surface area contributed by atoms with Crippen molar-refractivity contribution >= 4 is 47.2 Å². The Labute approximate surface area is 297 Å². The molecule has 51 heavy (non-hydrogen) atoms. The molecule has 3 amide bonds. The van der Waals surface area contributed by atoms with Gasteiger partial charge in [-0.15, -0.1) is 0 Å². The number of esters is 1. The summed E-state index contributed by atoms with van der Waals surface area (Å²) in [6.45, 7) is 3.73. The van der Waals surface area contributed by atoms with Gasteiger partial charge in [0.25, 0.3) is 0 Å². The van der Waals surface area contributed by atoms with Crippen LogP contribution in [0.4, 0.5) is 13.2 Å². The van der Waals surface area contributed by atoms with Crippen molar-refractivity contribution in [3.8, 4) is 0 Å². The molecule has 0 spiro atoms. The van der Waals surface area contributed by atoms with E-state index in [9.17, 15) is 42.3 Å². The summed E-state index contributed by atoms with van der Waals surface area (Å²) in [5, 5.41) is 22.8. The van der Waals surface area contributed by atoms with E-state index in [1.165, 1.54) is 4.90 Å². The average Bonchev–Trinajstić information content (AvgIpc) is 3.59. The lowest BCUT2D eigenvalue weighted by atomic mass is 9.95. The predicted molar refractivity (Wildman–Crippen MR) is 179 cm³/mol. The van der Waals surface area contributed by atoms with Gasteiger partial charge in [-0.05, 0) is 75.3 Å². The number of unbranched alkanes of at least 4 members (excludes halogenated alkanes) is 1. The molecule has 13 nitrogen and oxygen atoms in total. The number of hydrogen-bond donors (Lipinski definition) is 5. The highest BCUT2D eigenvalue weighted by Crippen LogP contribution is 2.21. The van der Waals surface area contributed by atoms with Crippen LogP contribution in [0.5, 0.6) is 0 Å². The van der Waals surface area contributed by atoms with Crippen LogP contribution in [0, 0.1) is 0 Å². The topological polar surface area (TPSA) is 205 Å². The molecule has 0 unspecified atom stereocenters. The third-order valence-electron chi connectivity index (χ3n) is 8.12. The molecule has 1 saturated heterocycles. The van der Waals surface area contributed by atoms with E-state index in [2.05, 4.69) is 10.6 Å². The highest BCUT2D eigenvalue weighted by atomic mass is 35.5. The van der Waals surface area contributed by atoms with E-state index >= 15 is 0 Å². The molecular formula is C34H42ClF3N4O9. The van der Waals surface area contributed by atoms with Crippen LogP contribution >= 0.6 is 11.6 Å². The summed E-state index contributed by atoms with van der Waals surface area (Å²) in [7, 11) is 0. The Hall–Kier alpha value is -4.70. The van der Waals surface area contributed by atoms with E-state index in [0.717, 1.165) is 5.56 Å². The number of nitrogens with zero attached hydrogens (tertiary/aromatic N) is 1. The van der Waals surface area contributed by atoms with E-state index in [1.807, 2.05) is 0 Å². The van der Waals surface area contributed by atoms with Gasteiger partial charge < -0.3 is 36.2 Å². The fourth-order valence-corrected chi connectivity index (χ4v) is 5.08. The molecule has 4 atom stereocenters. The first kappa shape index (κ1) is 42.5. The van der Waals surface area contributed by atoms with Gasteiger partial charge in [0, 0.05) is 18.0 Å². The second-order valence-corrected chi connectivity index (χ2v) is 12.4. The number of carboxylic acid groups (broad SMARTS) is 2. The second kappa shape index (κ2) is 19.6. The van der Waals surface area contributed by atoms with Crippen LogP contribution in [-0.4, -0.2) is 93.7 Å². The summed E-state index contributed by atoms with van der Waals surface area (Å²) in [5.74, 6) is -5.90. The van der Waals surface area contributed by atoms with E-state index in [4.69, 9.17) is 32.0 Å². The van der Waals surface area contributed by atoms with Gasteiger partial charge in [-0.1, -0.05) is 48.9 Å². The number of nitrogens with one attached hydrogen (secondary N) is 2. The number of amides is 3. The van der Waals surface area contributed by atoms with Crippen molar-refractivity contribution in [1.29, 1.82) is 0 Å². The minimum absolute atomic E-state index is 0.104. The summed E-state index contributed by atoms with van der Waals surface area (Å²) in [6.07, 6.45) is -2.57. The van der Waals surface area contributed by atoms with Crippen molar-refractivity contribution in [2.75, 3.05) is 13.2 Å². The number of hydrogen-bond acceptors (Lipinski definition) is 8. The number of alkyl halides is 3. The molecule has 17 heteroatoms. The van der Waals surface area contributed by atoms with Crippen molar-refractivity contribution in [2.45, 2.75) is 88.6 Å². The van der Waals surface area contributed by atoms with Gasteiger partial charge in [0.2, 0.25) is 17.7 Å². The lowest BCUT2D eigenvalue weighted by Crippen LogP contribution is -2.63. The highest BCUT2D eigenvalue weighted by molar-refractivity contribution is 6.30. The van der Waals surface area contributed by atoms with E-state index < -0.39 is 65.5 Å². The molecule has 0 saturated carbocycles. The number of halogens is 4. The van der Waals surface area contributed by atoms with Crippen molar-refractivity contribution < 1.29 is 56.9 Å². The molecular weight excluding hydrogens is 701 g/mol. The maximum atomic E-state index is 13.6. The number of likely N-dealkylation sites (tertiary alicyclic amines) is 1. The Morgan fingerprint density at radius 2 is 1.63 bits per heavy atom. The zero-order chi connectivity index (χ0) is 38.4. The number of benzene rings is 2. The SMILES string of the molecule is CC[C@](C)(NC(=O)[C@@H](N)CCCCOC(=O)c1ccccc1)C(=O)N[C@@H](Cc1ccc(Cl)cc1)C(=O)N1CCC[C@@H]1C(=O)O.O=C(O)C(F)(F)F. The Morgan fingerprint density at radius 1 is 1.02 bits per heavy atom. The van der Waals surface area contributed by atoms with Crippen molar-refractivity contribution in [1.82, 2.24) is 15.5 Å². The van der Waals surface area contributed by atoms with Crippen LogP contribution in [0.1, 0.15) is 68.3 Å². The van der Waals surface area contributed by atoms with Gasteiger partial charge in [-0.25, -0.2) is 14.4 Å². The minimum Gasteiger partial charge on any atom is -0.480 e. The molecule has 0 aromatic heterocycles. The molecule has 1 heterocycles. The number of nitrogens with two attached hydrogens (primary N) is 1. The van der Waals surface area contributed by atoms with Crippen molar-refractivity contribution in [3.63, 3.8) is 0 Å². The molecule has 0 bridgehead atoms. The third-order valence-corrected chi connectivity index (χ3v) is 8.37. The fraction of sp³-hybridized carbons (Fsp3) is 0.471. The highest BCUT2D eigenvalue weighted by Gasteiger charge is 2.41. The maximum Gasteiger partial charge on any atom is 0.490 e. The zero-order valence-corrected chi connectivity index (χ0v) is 28.8. The zero-order valence-electron chi connectivity index (χ0n) is 28.1. The van der Waals surface area contributed by atoms with Crippen LogP contribution in [0.2, 0.25) is 5.02 Å². The molecule has 0 aliphatic carbocycles. The number of carbonyl (C=O) groups is 6. The van der Waals surface area contributed by atoms with Crippen LogP contribution in [0.3, 0.4) is 0 Å². The molecule has 2 aromatic rings. The molecule has 6 N–H and O–H groups in total. The molecule has 3 rings (SSSR count). The first-order valence-corrected chi connectivity index (χ1v) is 16.5. The second-order valence-electron chi connectivity index (χ2n) is 12.0. The number of rotatable bonds is 15. The summed E-state index contributed by atoms with van der Waals surface area (Å²) >= 11 is 6.01. The number of carbonyl (C=O) groups excluding carboxylic acids is 4. The average molecular weight is 743 g/mol. The molecule has 1 fully saturated rings. The lowest BCUT2D eigenvalue weighted by molar-refractivity contribution is -0.192. The van der Waals surface area contributed by atoms with Crippen molar-refractivity contribution in [2.24, 2.45) is 5.73 Å². The minimum atomic E-state index is -5.08. The Balaban J connectivity index is 0.00000116.